The Labute approximate surface area is 177 Å². The van der Waals surface area contributed by atoms with E-state index in [2.05, 4.69) is 18.0 Å². The van der Waals surface area contributed by atoms with E-state index >= 15 is 0 Å². The second-order valence-corrected chi connectivity index (χ2v) is 7.77. The third kappa shape index (κ3) is 3.96. The summed E-state index contributed by atoms with van der Waals surface area (Å²) >= 11 is 0. The first kappa shape index (κ1) is 19.8. The van der Waals surface area contributed by atoms with Crippen LogP contribution in [0.4, 0.5) is 5.69 Å². The normalized spacial score (nSPS) is 15.0. The van der Waals surface area contributed by atoms with Crippen molar-refractivity contribution in [2.75, 3.05) is 18.5 Å². The van der Waals surface area contributed by atoms with Gasteiger partial charge in [0.05, 0.1) is 0 Å². The number of likely N-dealkylation sites (N-methyl/N-ethyl adjacent to an activating group) is 1. The van der Waals surface area contributed by atoms with Crippen molar-refractivity contribution in [3.05, 3.63) is 95.3 Å². The van der Waals surface area contributed by atoms with Gasteiger partial charge in [-0.2, -0.15) is 0 Å². The predicted molar refractivity (Wildman–Crippen MR) is 118 cm³/mol. The van der Waals surface area contributed by atoms with E-state index in [4.69, 9.17) is 0 Å². The first-order valence-electron chi connectivity index (χ1n) is 10.2. The molecule has 0 bridgehead atoms. The van der Waals surface area contributed by atoms with E-state index < -0.39 is 0 Å². The number of carbonyl (C=O) groups excluding carboxylic acids is 2. The molecule has 1 atom stereocenters. The van der Waals surface area contributed by atoms with E-state index in [0.29, 0.717) is 17.7 Å². The van der Waals surface area contributed by atoms with Crippen LogP contribution in [0, 0.1) is 0 Å². The van der Waals surface area contributed by atoms with Crippen LogP contribution in [-0.2, 0) is 12.8 Å². The molecule has 1 unspecified atom stereocenters. The van der Waals surface area contributed by atoms with Gasteiger partial charge in [-0.05, 0) is 67.3 Å². The molecule has 2 amide bonds. The smallest absolute Gasteiger partial charge is 0.258 e. The maximum absolute atomic E-state index is 13.3. The van der Waals surface area contributed by atoms with Gasteiger partial charge in [-0.3, -0.25) is 14.6 Å². The molecule has 0 N–H and O–H groups in total. The maximum atomic E-state index is 13.3. The standard InChI is InChI=1S/C25H25N3O2/c1-18-16-20-6-3-4-9-23(20)28(18)25(30)22-8-5-7-21(17-22)24(29)27(2)15-12-19-10-13-26-14-11-19/h3-11,13-14,17-18H,12,15-16H2,1-2H3. The highest BCUT2D eigenvalue weighted by Gasteiger charge is 2.31. The Morgan fingerprint density at radius 1 is 1.03 bits per heavy atom. The molecule has 0 fully saturated rings. The number of pyridine rings is 1. The molecule has 0 aliphatic carbocycles. The van der Waals surface area contributed by atoms with Crippen LogP contribution < -0.4 is 4.90 Å². The van der Waals surface area contributed by atoms with Gasteiger partial charge in [0, 0.05) is 48.8 Å². The van der Waals surface area contributed by atoms with Crippen LogP contribution in [0.25, 0.3) is 0 Å². The minimum atomic E-state index is -0.0893. The minimum Gasteiger partial charge on any atom is -0.341 e. The van der Waals surface area contributed by atoms with Crippen molar-refractivity contribution in [1.29, 1.82) is 0 Å². The van der Waals surface area contributed by atoms with E-state index in [0.717, 1.165) is 24.1 Å². The highest BCUT2D eigenvalue weighted by molar-refractivity contribution is 6.09. The SMILES string of the molecule is CC1Cc2ccccc2N1C(=O)c1cccc(C(=O)N(C)CCc2ccncc2)c1. The van der Waals surface area contributed by atoms with Crippen molar-refractivity contribution < 1.29 is 9.59 Å². The van der Waals surface area contributed by atoms with Crippen LogP contribution in [0.2, 0.25) is 0 Å². The molecule has 1 aliphatic heterocycles. The second kappa shape index (κ2) is 8.49. The molecule has 152 valence electrons. The summed E-state index contributed by atoms with van der Waals surface area (Å²) < 4.78 is 0. The summed E-state index contributed by atoms with van der Waals surface area (Å²) in [4.78, 5) is 33.7. The van der Waals surface area contributed by atoms with E-state index in [1.165, 1.54) is 5.56 Å². The van der Waals surface area contributed by atoms with Gasteiger partial charge in [0.1, 0.15) is 0 Å². The Balaban J connectivity index is 1.49. The van der Waals surface area contributed by atoms with Crippen molar-refractivity contribution in [2.24, 2.45) is 0 Å². The third-order valence-corrected chi connectivity index (χ3v) is 5.61. The molecule has 5 heteroatoms. The van der Waals surface area contributed by atoms with Gasteiger partial charge in [0.15, 0.2) is 0 Å². The van der Waals surface area contributed by atoms with Gasteiger partial charge >= 0.3 is 0 Å². The lowest BCUT2D eigenvalue weighted by molar-refractivity contribution is 0.0796. The first-order valence-corrected chi connectivity index (χ1v) is 10.2. The molecule has 30 heavy (non-hydrogen) atoms. The van der Waals surface area contributed by atoms with Crippen molar-refractivity contribution in [2.45, 2.75) is 25.8 Å². The van der Waals surface area contributed by atoms with E-state index in [1.54, 1.807) is 48.6 Å². The topological polar surface area (TPSA) is 53.5 Å². The van der Waals surface area contributed by atoms with Gasteiger partial charge in [-0.15, -0.1) is 0 Å². The monoisotopic (exact) mass is 399 g/mol. The Morgan fingerprint density at radius 2 is 1.77 bits per heavy atom. The van der Waals surface area contributed by atoms with E-state index in [9.17, 15) is 9.59 Å². The molecule has 0 saturated heterocycles. The lowest BCUT2D eigenvalue weighted by Gasteiger charge is -2.23. The average Bonchev–Trinajstić information content (AvgIpc) is 3.12. The Kier molecular flexibility index (Phi) is 5.61. The third-order valence-electron chi connectivity index (χ3n) is 5.61. The molecule has 5 nitrogen and oxygen atoms in total. The molecule has 2 heterocycles. The molecule has 1 aromatic heterocycles. The molecule has 0 radical (unpaired) electrons. The van der Waals surface area contributed by atoms with Crippen molar-refractivity contribution >= 4 is 17.5 Å². The van der Waals surface area contributed by atoms with Crippen LogP contribution >= 0.6 is 0 Å². The highest BCUT2D eigenvalue weighted by atomic mass is 16.2. The lowest BCUT2D eigenvalue weighted by atomic mass is 10.1. The second-order valence-electron chi connectivity index (χ2n) is 7.77. The zero-order valence-corrected chi connectivity index (χ0v) is 17.3. The van der Waals surface area contributed by atoms with Crippen molar-refractivity contribution in [1.82, 2.24) is 9.88 Å². The fourth-order valence-corrected chi connectivity index (χ4v) is 3.97. The molecule has 0 saturated carbocycles. The van der Waals surface area contributed by atoms with Crippen LogP contribution in [0.5, 0.6) is 0 Å². The van der Waals surface area contributed by atoms with Crippen LogP contribution in [-0.4, -0.2) is 41.3 Å². The van der Waals surface area contributed by atoms with Gasteiger partial charge in [0.25, 0.3) is 11.8 Å². The van der Waals surface area contributed by atoms with Crippen LogP contribution in [0.15, 0.2) is 73.1 Å². The van der Waals surface area contributed by atoms with Crippen LogP contribution in [0.1, 0.15) is 38.8 Å². The number of hydrogen-bond donors (Lipinski definition) is 0. The number of fused-ring (bicyclic) bond motifs is 1. The summed E-state index contributed by atoms with van der Waals surface area (Å²) in [6.45, 7) is 2.65. The largest absolute Gasteiger partial charge is 0.341 e. The summed E-state index contributed by atoms with van der Waals surface area (Å²) in [5.74, 6) is -0.157. The number of nitrogens with zero attached hydrogens (tertiary/aromatic N) is 3. The van der Waals surface area contributed by atoms with Gasteiger partial charge in [-0.25, -0.2) is 0 Å². The fraction of sp³-hybridized carbons (Fsp3) is 0.240. The number of amides is 2. The number of para-hydroxylation sites is 1. The van der Waals surface area contributed by atoms with Crippen LogP contribution in [0.3, 0.4) is 0 Å². The summed E-state index contributed by atoms with van der Waals surface area (Å²) in [6, 6.07) is 19.0. The number of hydrogen-bond acceptors (Lipinski definition) is 3. The summed E-state index contributed by atoms with van der Waals surface area (Å²) in [6.07, 6.45) is 5.11. The number of rotatable bonds is 5. The lowest BCUT2D eigenvalue weighted by Crippen LogP contribution is -2.36. The first-order chi connectivity index (χ1) is 14.5. The van der Waals surface area contributed by atoms with Crippen molar-refractivity contribution in [3.8, 4) is 0 Å². The Bertz CT molecular complexity index is 1060. The van der Waals surface area contributed by atoms with E-state index in [-0.39, 0.29) is 17.9 Å². The number of aromatic nitrogens is 1. The highest BCUT2D eigenvalue weighted by Crippen LogP contribution is 2.33. The minimum absolute atomic E-state index is 0.0680. The fourth-order valence-electron chi connectivity index (χ4n) is 3.97. The molecule has 2 aromatic carbocycles. The van der Waals surface area contributed by atoms with Gasteiger partial charge in [-0.1, -0.05) is 24.3 Å². The molecular formula is C25H25N3O2. The zero-order chi connectivity index (χ0) is 21.1. The quantitative estimate of drug-likeness (QED) is 0.652. The molecule has 1 aliphatic rings. The van der Waals surface area contributed by atoms with Gasteiger partial charge in [0.2, 0.25) is 0 Å². The average molecular weight is 399 g/mol. The summed E-state index contributed by atoms with van der Waals surface area (Å²) in [5, 5.41) is 0. The summed E-state index contributed by atoms with van der Waals surface area (Å²) in [7, 11) is 1.79. The number of anilines is 1. The maximum Gasteiger partial charge on any atom is 0.258 e. The number of benzene rings is 2. The molecule has 4 rings (SSSR count). The van der Waals surface area contributed by atoms with E-state index in [1.807, 2.05) is 35.2 Å². The zero-order valence-electron chi connectivity index (χ0n) is 17.3. The molecule has 3 aromatic rings. The Morgan fingerprint density at radius 3 is 2.57 bits per heavy atom. The predicted octanol–water partition coefficient (Wildman–Crippen LogP) is 3.99. The number of carbonyl (C=O) groups is 2. The molecule has 0 spiro atoms. The van der Waals surface area contributed by atoms with Crippen molar-refractivity contribution in [3.63, 3.8) is 0 Å². The van der Waals surface area contributed by atoms with Gasteiger partial charge < -0.3 is 9.80 Å². The summed E-state index contributed by atoms with van der Waals surface area (Å²) in [5.41, 5.74) is 4.34. The Hall–Kier alpha value is -3.47. The molecular weight excluding hydrogens is 374 g/mol.